The average molecular weight is 208 g/mol. The number of hydrogen-bond donors (Lipinski definition) is 1. The molecular weight excluding hydrogens is 192 g/mol. The van der Waals surface area contributed by atoms with Crippen molar-refractivity contribution in [3.63, 3.8) is 0 Å². The molecule has 1 amide bonds. The van der Waals surface area contributed by atoms with E-state index < -0.39 is 0 Å². The molecular formula is C11H16N2O2. The van der Waals surface area contributed by atoms with Gasteiger partial charge in [0.25, 0.3) is 0 Å². The number of carbonyl (C=O) groups excluding carboxylic acids is 2. The van der Waals surface area contributed by atoms with Crippen LogP contribution in [0, 0.1) is 5.92 Å². The van der Waals surface area contributed by atoms with Crippen molar-refractivity contribution in [1.29, 1.82) is 0 Å². The number of nitrogens with zero attached hydrogens (tertiary/aromatic N) is 1. The summed E-state index contributed by atoms with van der Waals surface area (Å²) in [4.78, 5) is 22.7. The summed E-state index contributed by atoms with van der Waals surface area (Å²) >= 11 is 0. The number of hydrogen-bond acceptors (Lipinski definition) is 2. The van der Waals surface area contributed by atoms with E-state index in [1.165, 1.54) is 0 Å². The molecule has 1 heterocycles. The Balaban J connectivity index is 2.72. The van der Waals surface area contributed by atoms with Gasteiger partial charge in [0.15, 0.2) is 5.78 Å². The molecule has 0 unspecified atom stereocenters. The summed E-state index contributed by atoms with van der Waals surface area (Å²) in [5.74, 6) is 0.0145. The lowest BCUT2D eigenvalue weighted by molar-refractivity contribution is -0.121. The molecule has 4 heteroatoms. The molecule has 0 bridgehead atoms. The average Bonchev–Trinajstić information content (AvgIpc) is 2.64. The molecule has 1 N–H and O–H groups in total. The summed E-state index contributed by atoms with van der Waals surface area (Å²) < 4.78 is 1.70. The van der Waals surface area contributed by atoms with Gasteiger partial charge < -0.3 is 9.88 Å². The van der Waals surface area contributed by atoms with Crippen LogP contribution in [0.1, 0.15) is 24.2 Å². The van der Waals surface area contributed by atoms with Crippen LogP contribution in [0.2, 0.25) is 0 Å². The molecule has 0 aliphatic heterocycles. The summed E-state index contributed by atoms with van der Waals surface area (Å²) in [5, 5.41) is 2.53. The summed E-state index contributed by atoms with van der Waals surface area (Å²) in [6.07, 6.45) is 3.45. The summed E-state index contributed by atoms with van der Waals surface area (Å²) in [5.41, 5.74) is 0.661. The van der Waals surface area contributed by atoms with E-state index in [1.54, 1.807) is 30.1 Å². The topological polar surface area (TPSA) is 51.1 Å². The van der Waals surface area contributed by atoms with Gasteiger partial charge in [-0.3, -0.25) is 9.59 Å². The Hall–Kier alpha value is -1.58. The van der Waals surface area contributed by atoms with Gasteiger partial charge in [-0.1, -0.05) is 13.8 Å². The van der Waals surface area contributed by atoms with Gasteiger partial charge >= 0.3 is 0 Å². The second kappa shape index (κ2) is 4.77. The first-order valence-electron chi connectivity index (χ1n) is 4.95. The van der Waals surface area contributed by atoms with E-state index in [1.807, 2.05) is 13.8 Å². The molecule has 0 aliphatic rings. The van der Waals surface area contributed by atoms with Crippen molar-refractivity contribution in [2.75, 3.05) is 7.05 Å². The maximum absolute atomic E-state index is 11.6. The van der Waals surface area contributed by atoms with E-state index in [-0.39, 0.29) is 24.2 Å². The minimum absolute atomic E-state index is 0.0131. The van der Waals surface area contributed by atoms with Crippen LogP contribution in [0.15, 0.2) is 18.5 Å². The molecule has 4 nitrogen and oxygen atoms in total. The van der Waals surface area contributed by atoms with Gasteiger partial charge in [0, 0.05) is 30.9 Å². The predicted octanol–water partition coefficient (Wildman–Crippen LogP) is 1.07. The molecule has 0 atom stereocenters. The molecule has 0 radical (unpaired) electrons. The maximum atomic E-state index is 11.6. The number of aromatic nitrogens is 1. The number of amides is 1. The van der Waals surface area contributed by atoms with Crippen LogP contribution >= 0.6 is 0 Å². The molecule has 0 spiro atoms. The molecule has 1 aromatic heterocycles. The highest BCUT2D eigenvalue weighted by Gasteiger charge is 2.11. The van der Waals surface area contributed by atoms with Crippen molar-refractivity contribution in [2.24, 2.45) is 5.92 Å². The first-order valence-corrected chi connectivity index (χ1v) is 4.95. The fourth-order valence-electron chi connectivity index (χ4n) is 1.26. The number of nitrogens with one attached hydrogen (secondary N) is 1. The predicted molar refractivity (Wildman–Crippen MR) is 57.7 cm³/mol. The van der Waals surface area contributed by atoms with Crippen molar-refractivity contribution < 1.29 is 9.59 Å². The number of Topliss-reactive ketones (excluding diaryl/α,β-unsaturated/α-hetero) is 1. The van der Waals surface area contributed by atoms with Crippen LogP contribution in [0.3, 0.4) is 0 Å². The SMILES string of the molecule is CNC(=O)Cn1ccc(C(=O)C(C)C)c1. The van der Waals surface area contributed by atoms with Crippen molar-refractivity contribution in [1.82, 2.24) is 9.88 Å². The van der Waals surface area contributed by atoms with Crippen LogP contribution in [0.4, 0.5) is 0 Å². The first-order chi connectivity index (χ1) is 7.04. The van der Waals surface area contributed by atoms with Gasteiger partial charge in [-0.25, -0.2) is 0 Å². The van der Waals surface area contributed by atoms with Crippen LogP contribution in [-0.4, -0.2) is 23.3 Å². The zero-order chi connectivity index (χ0) is 11.4. The van der Waals surface area contributed by atoms with Gasteiger partial charge in [-0.15, -0.1) is 0 Å². The number of carbonyl (C=O) groups is 2. The standard InChI is InChI=1S/C11H16N2O2/c1-8(2)11(15)9-4-5-13(6-9)7-10(14)12-3/h4-6,8H,7H2,1-3H3,(H,12,14). The largest absolute Gasteiger partial charge is 0.358 e. The zero-order valence-corrected chi connectivity index (χ0v) is 9.28. The monoisotopic (exact) mass is 208 g/mol. The highest BCUT2D eigenvalue weighted by atomic mass is 16.2. The smallest absolute Gasteiger partial charge is 0.239 e. The van der Waals surface area contributed by atoms with Gasteiger partial charge in [-0.05, 0) is 6.07 Å². The lowest BCUT2D eigenvalue weighted by Gasteiger charge is -2.02. The minimum atomic E-state index is -0.0749. The number of ketones is 1. The fourth-order valence-corrected chi connectivity index (χ4v) is 1.26. The highest BCUT2D eigenvalue weighted by molar-refractivity contribution is 5.97. The Kier molecular flexibility index (Phi) is 3.66. The Labute approximate surface area is 89.3 Å². The molecule has 0 aromatic carbocycles. The third kappa shape index (κ3) is 2.94. The Morgan fingerprint density at radius 1 is 1.47 bits per heavy atom. The molecule has 82 valence electrons. The first kappa shape index (κ1) is 11.5. The number of likely N-dealkylation sites (N-methyl/N-ethyl adjacent to an activating group) is 1. The summed E-state index contributed by atoms with van der Waals surface area (Å²) in [7, 11) is 1.59. The molecule has 1 rings (SSSR count). The van der Waals surface area contributed by atoms with Crippen molar-refractivity contribution >= 4 is 11.7 Å². The summed E-state index contributed by atoms with van der Waals surface area (Å²) in [6, 6.07) is 1.74. The molecule has 1 aromatic rings. The van der Waals surface area contributed by atoms with Gasteiger partial charge in [-0.2, -0.15) is 0 Å². The van der Waals surface area contributed by atoms with Gasteiger partial charge in [0.05, 0.1) is 0 Å². The van der Waals surface area contributed by atoms with E-state index in [4.69, 9.17) is 0 Å². The van der Waals surface area contributed by atoms with Gasteiger partial charge in [0.2, 0.25) is 5.91 Å². The third-order valence-corrected chi connectivity index (χ3v) is 2.16. The van der Waals surface area contributed by atoms with Crippen molar-refractivity contribution in [3.05, 3.63) is 24.0 Å². The molecule has 0 aliphatic carbocycles. The Morgan fingerprint density at radius 2 is 2.13 bits per heavy atom. The Bertz CT molecular complexity index is 366. The van der Waals surface area contributed by atoms with E-state index in [9.17, 15) is 9.59 Å². The Morgan fingerprint density at radius 3 is 2.67 bits per heavy atom. The van der Waals surface area contributed by atoms with Crippen molar-refractivity contribution in [3.8, 4) is 0 Å². The second-order valence-electron chi connectivity index (χ2n) is 3.76. The normalized spacial score (nSPS) is 10.4. The van der Waals surface area contributed by atoms with Crippen LogP contribution in [0.25, 0.3) is 0 Å². The fraction of sp³-hybridized carbons (Fsp3) is 0.455. The van der Waals surface area contributed by atoms with E-state index in [0.29, 0.717) is 5.56 Å². The lowest BCUT2D eigenvalue weighted by atomic mass is 10.0. The molecule has 15 heavy (non-hydrogen) atoms. The molecule has 0 saturated heterocycles. The van der Waals surface area contributed by atoms with E-state index in [0.717, 1.165) is 0 Å². The minimum Gasteiger partial charge on any atom is -0.358 e. The maximum Gasteiger partial charge on any atom is 0.239 e. The van der Waals surface area contributed by atoms with Crippen molar-refractivity contribution in [2.45, 2.75) is 20.4 Å². The van der Waals surface area contributed by atoms with Crippen LogP contribution < -0.4 is 5.32 Å². The van der Waals surface area contributed by atoms with E-state index in [2.05, 4.69) is 5.32 Å². The van der Waals surface area contributed by atoms with E-state index >= 15 is 0 Å². The lowest BCUT2D eigenvalue weighted by Crippen LogP contribution is -2.22. The third-order valence-electron chi connectivity index (χ3n) is 2.16. The zero-order valence-electron chi connectivity index (χ0n) is 9.28. The quantitative estimate of drug-likeness (QED) is 0.752. The second-order valence-corrected chi connectivity index (χ2v) is 3.76. The highest BCUT2D eigenvalue weighted by Crippen LogP contribution is 2.08. The van der Waals surface area contributed by atoms with Crippen LogP contribution in [-0.2, 0) is 11.3 Å². The van der Waals surface area contributed by atoms with Crippen LogP contribution in [0.5, 0.6) is 0 Å². The molecule has 0 saturated carbocycles. The van der Waals surface area contributed by atoms with Gasteiger partial charge in [0.1, 0.15) is 6.54 Å². The molecule has 0 fully saturated rings. The summed E-state index contributed by atoms with van der Waals surface area (Å²) in [6.45, 7) is 3.97. The number of rotatable bonds is 4.